The maximum atomic E-state index is 13.8. The van der Waals surface area contributed by atoms with E-state index in [-0.39, 0.29) is 17.5 Å². The van der Waals surface area contributed by atoms with E-state index in [9.17, 15) is 13.6 Å². The van der Waals surface area contributed by atoms with Crippen LogP contribution < -0.4 is 4.74 Å². The lowest BCUT2D eigenvalue weighted by Crippen LogP contribution is -2.13. The lowest BCUT2D eigenvalue weighted by molar-refractivity contribution is -0.139. The molecule has 0 radical (unpaired) electrons. The van der Waals surface area contributed by atoms with Crippen molar-refractivity contribution in [1.82, 2.24) is 14.8 Å². The Hall–Kier alpha value is -2.42. The first-order chi connectivity index (χ1) is 12.5. The Morgan fingerprint density at radius 1 is 1.42 bits per heavy atom. The molecule has 1 atom stereocenters. The van der Waals surface area contributed by atoms with Crippen LogP contribution in [0.5, 0.6) is 5.75 Å². The second kappa shape index (κ2) is 9.33. The van der Waals surface area contributed by atoms with Gasteiger partial charge >= 0.3 is 5.97 Å². The number of carbonyl (C=O) groups is 1. The van der Waals surface area contributed by atoms with Crippen molar-refractivity contribution in [3.63, 3.8) is 0 Å². The Labute approximate surface area is 154 Å². The van der Waals surface area contributed by atoms with Crippen LogP contribution in [0.3, 0.4) is 0 Å². The Morgan fingerprint density at radius 2 is 2.19 bits per heavy atom. The fourth-order valence-electron chi connectivity index (χ4n) is 2.15. The van der Waals surface area contributed by atoms with Crippen LogP contribution in [0.4, 0.5) is 8.78 Å². The number of hydrogen-bond donors (Lipinski definition) is 0. The van der Waals surface area contributed by atoms with Gasteiger partial charge in [0.15, 0.2) is 28.7 Å². The van der Waals surface area contributed by atoms with Crippen LogP contribution in [-0.2, 0) is 16.1 Å². The van der Waals surface area contributed by atoms with Crippen LogP contribution in [0.1, 0.15) is 25.8 Å². The summed E-state index contributed by atoms with van der Waals surface area (Å²) in [4.78, 5) is 11.5. The number of hydrogen-bond acceptors (Lipinski definition) is 6. The number of nitrogens with zero attached hydrogens (tertiary/aromatic N) is 3. The minimum absolute atomic E-state index is 0.0882. The highest BCUT2D eigenvalue weighted by Crippen LogP contribution is 2.26. The van der Waals surface area contributed by atoms with Crippen LogP contribution in [0, 0.1) is 11.6 Å². The van der Waals surface area contributed by atoms with E-state index in [0.29, 0.717) is 24.1 Å². The lowest BCUT2D eigenvalue weighted by atomic mass is 10.3. The largest absolute Gasteiger partial charge is 0.480 e. The lowest BCUT2D eigenvalue weighted by Gasteiger charge is -2.16. The van der Waals surface area contributed by atoms with Gasteiger partial charge in [-0.25, -0.2) is 8.78 Å². The Kier molecular flexibility index (Phi) is 7.14. The molecule has 0 aliphatic heterocycles. The number of carbonyl (C=O) groups excluding carboxylic acids is 1. The predicted octanol–water partition coefficient (Wildman–Crippen LogP) is 3.54. The summed E-state index contributed by atoms with van der Waals surface area (Å²) in [5.74, 6) is -1.42. The van der Waals surface area contributed by atoms with Crippen LogP contribution in [0.15, 0.2) is 36.0 Å². The molecule has 1 aromatic carbocycles. The highest BCUT2D eigenvalue weighted by Gasteiger charge is 2.21. The van der Waals surface area contributed by atoms with E-state index in [1.807, 2.05) is 0 Å². The molecule has 0 fully saturated rings. The third-order valence-electron chi connectivity index (χ3n) is 3.24. The molecule has 1 heterocycles. The molecule has 0 saturated heterocycles. The van der Waals surface area contributed by atoms with Crippen molar-refractivity contribution in [2.24, 2.45) is 0 Å². The molecule has 140 valence electrons. The fourth-order valence-corrected chi connectivity index (χ4v) is 2.90. The van der Waals surface area contributed by atoms with E-state index in [1.165, 1.54) is 17.8 Å². The number of esters is 1. The second-order valence-electron chi connectivity index (χ2n) is 5.17. The van der Waals surface area contributed by atoms with Crippen LogP contribution >= 0.6 is 11.8 Å². The number of allylic oxidation sites excluding steroid dienone is 1. The summed E-state index contributed by atoms with van der Waals surface area (Å²) in [7, 11) is 0. The van der Waals surface area contributed by atoms with Crippen molar-refractivity contribution in [3.8, 4) is 5.75 Å². The molecule has 2 aromatic rings. The number of benzene rings is 1. The first-order valence-corrected chi connectivity index (χ1v) is 8.88. The molecule has 0 aliphatic carbocycles. The van der Waals surface area contributed by atoms with Crippen molar-refractivity contribution >= 4 is 17.7 Å². The molecule has 9 heteroatoms. The molecule has 6 nitrogen and oxygen atoms in total. The third-order valence-corrected chi connectivity index (χ3v) is 4.18. The zero-order valence-electron chi connectivity index (χ0n) is 14.4. The van der Waals surface area contributed by atoms with Gasteiger partial charge in [-0.2, -0.15) is 0 Å². The molecule has 0 aliphatic rings. The fraction of sp³-hybridized carbons (Fsp3) is 0.353. The van der Waals surface area contributed by atoms with Gasteiger partial charge < -0.3 is 9.47 Å². The van der Waals surface area contributed by atoms with Crippen LogP contribution in [-0.4, -0.2) is 33.1 Å². The van der Waals surface area contributed by atoms with Crippen LogP contribution in [0.25, 0.3) is 0 Å². The van der Waals surface area contributed by atoms with Gasteiger partial charge in [-0.15, -0.1) is 16.8 Å². The van der Waals surface area contributed by atoms with E-state index in [4.69, 9.17) is 9.47 Å². The van der Waals surface area contributed by atoms with E-state index in [1.54, 1.807) is 24.5 Å². The van der Waals surface area contributed by atoms with Gasteiger partial charge in [0, 0.05) is 12.6 Å². The zero-order valence-corrected chi connectivity index (χ0v) is 15.3. The summed E-state index contributed by atoms with van der Waals surface area (Å²) in [5, 5.41) is 8.61. The monoisotopic (exact) mass is 383 g/mol. The normalized spacial score (nSPS) is 11.8. The molecule has 1 unspecified atom stereocenters. The van der Waals surface area contributed by atoms with Gasteiger partial charge in [0.1, 0.15) is 5.82 Å². The van der Waals surface area contributed by atoms with E-state index < -0.39 is 17.7 Å². The molecule has 0 saturated carbocycles. The molecule has 26 heavy (non-hydrogen) atoms. The standard InChI is InChI=1S/C17H19F2N3O3S/c1-4-8-22-16(20-21-17(22)26-10-15(23)24-5-2)11(3)25-14-7-6-12(18)9-13(14)19/h4,6-7,9,11H,1,5,8,10H2,2-3H3. The molecular formula is C17H19F2N3O3S. The molecule has 1 aromatic heterocycles. The van der Waals surface area contributed by atoms with Crippen molar-refractivity contribution in [1.29, 1.82) is 0 Å². The second-order valence-corrected chi connectivity index (χ2v) is 6.11. The maximum absolute atomic E-state index is 13.8. The smallest absolute Gasteiger partial charge is 0.316 e. The van der Waals surface area contributed by atoms with Crippen molar-refractivity contribution < 1.29 is 23.0 Å². The highest BCUT2D eigenvalue weighted by atomic mass is 32.2. The minimum atomic E-state index is -0.802. The summed E-state index contributed by atoms with van der Waals surface area (Å²) in [5.41, 5.74) is 0. The number of rotatable bonds is 9. The van der Waals surface area contributed by atoms with Gasteiger partial charge in [-0.1, -0.05) is 17.8 Å². The Morgan fingerprint density at radius 3 is 2.85 bits per heavy atom. The van der Waals surface area contributed by atoms with Crippen molar-refractivity contribution in [3.05, 3.63) is 48.3 Å². The van der Waals surface area contributed by atoms with E-state index >= 15 is 0 Å². The first-order valence-electron chi connectivity index (χ1n) is 7.90. The van der Waals surface area contributed by atoms with E-state index in [0.717, 1.165) is 12.1 Å². The summed E-state index contributed by atoms with van der Waals surface area (Å²) in [6.45, 7) is 7.78. The summed E-state index contributed by atoms with van der Waals surface area (Å²) in [6, 6.07) is 3.07. The summed E-state index contributed by atoms with van der Waals surface area (Å²) >= 11 is 1.17. The number of aromatic nitrogens is 3. The molecule has 2 rings (SSSR count). The molecule has 0 bridgehead atoms. The van der Waals surface area contributed by atoms with Gasteiger partial charge in [-0.05, 0) is 26.0 Å². The molecular weight excluding hydrogens is 364 g/mol. The molecule has 0 N–H and O–H groups in total. The number of ether oxygens (including phenoxy) is 2. The highest BCUT2D eigenvalue weighted by molar-refractivity contribution is 7.99. The predicted molar refractivity (Wildman–Crippen MR) is 93.0 cm³/mol. The van der Waals surface area contributed by atoms with Gasteiger partial charge in [0.25, 0.3) is 0 Å². The quantitative estimate of drug-likeness (QED) is 0.375. The first kappa shape index (κ1) is 19.9. The zero-order chi connectivity index (χ0) is 19.1. The molecule has 0 amide bonds. The average Bonchev–Trinajstić information content (AvgIpc) is 2.99. The molecule has 0 spiro atoms. The van der Waals surface area contributed by atoms with Gasteiger partial charge in [0.05, 0.1) is 12.4 Å². The topological polar surface area (TPSA) is 66.2 Å². The Bertz CT molecular complexity index is 783. The third kappa shape index (κ3) is 5.04. The van der Waals surface area contributed by atoms with Gasteiger partial charge in [-0.3, -0.25) is 9.36 Å². The summed E-state index contributed by atoms with van der Waals surface area (Å²) < 4.78 is 38.9. The minimum Gasteiger partial charge on any atom is -0.480 e. The summed E-state index contributed by atoms with van der Waals surface area (Å²) in [6.07, 6.45) is 0.992. The van der Waals surface area contributed by atoms with Crippen LogP contribution in [0.2, 0.25) is 0 Å². The average molecular weight is 383 g/mol. The SMILES string of the molecule is C=CCn1c(SCC(=O)OCC)nnc1C(C)Oc1ccc(F)cc1F. The van der Waals surface area contributed by atoms with E-state index in [2.05, 4.69) is 16.8 Å². The maximum Gasteiger partial charge on any atom is 0.316 e. The number of thioether (sulfide) groups is 1. The number of halogens is 2. The Balaban J connectivity index is 2.16. The van der Waals surface area contributed by atoms with Crippen molar-refractivity contribution in [2.75, 3.05) is 12.4 Å². The van der Waals surface area contributed by atoms with Gasteiger partial charge in [0.2, 0.25) is 0 Å². The van der Waals surface area contributed by atoms with Crippen molar-refractivity contribution in [2.45, 2.75) is 31.7 Å².